The van der Waals surface area contributed by atoms with E-state index in [2.05, 4.69) is 5.32 Å². The highest BCUT2D eigenvalue weighted by molar-refractivity contribution is 7.99. The molecule has 0 saturated carbocycles. The van der Waals surface area contributed by atoms with E-state index in [4.69, 9.17) is 15.1 Å². The summed E-state index contributed by atoms with van der Waals surface area (Å²) in [5.41, 5.74) is 0.394. The Balaban J connectivity index is 2.50. The van der Waals surface area contributed by atoms with E-state index in [1.807, 2.05) is 19.2 Å². The third kappa shape index (κ3) is 4.76. The Morgan fingerprint density at radius 1 is 1.55 bits per heavy atom. The molecular formula is C14H18N2O3S. The number of hydrogen-bond donors (Lipinski definition) is 2. The molecule has 0 radical (unpaired) electrons. The number of aliphatic hydroxyl groups excluding tert-OH is 1. The molecule has 0 fully saturated rings. The van der Waals surface area contributed by atoms with Crippen molar-refractivity contribution in [1.82, 2.24) is 5.32 Å². The minimum absolute atomic E-state index is 0.000730. The van der Waals surface area contributed by atoms with Crippen molar-refractivity contribution in [3.05, 3.63) is 29.8 Å². The van der Waals surface area contributed by atoms with Crippen molar-refractivity contribution in [2.24, 2.45) is 0 Å². The highest BCUT2D eigenvalue weighted by Gasteiger charge is 2.17. The standard InChI is InChI=1S/C14H18N2O3S/c1-10(13(8-17)20-2)16-14(18)9-19-12-6-4-3-5-11(12)7-15/h3-6,10,13,17H,8-9H2,1-2H3,(H,16,18). The lowest BCUT2D eigenvalue weighted by molar-refractivity contribution is -0.123. The van der Waals surface area contributed by atoms with Crippen LogP contribution in [0.15, 0.2) is 24.3 Å². The highest BCUT2D eigenvalue weighted by atomic mass is 32.2. The van der Waals surface area contributed by atoms with Gasteiger partial charge in [0.05, 0.1) is 12.2 Å². The lowest BCUT2D eigenvalue weighted by Crippen LogP contribution is -2.43. The zero-order valence-electron chi connectivity index (χ0n) is 11.5. The predicted molar refractivity (Wildman–Crippen MR) is 78.6 cm³/mol. The number of nitriles is 1. The molecule has 2 N–H and O–H groups in total. The molecule has 0 aromatic heterocycles. The second-order valence-electron chi connectivity index (χ2n) is 4.21. The number of thioether (sulfide) groups is 1. The van der Waals surface area contributed by atoms with Crippen molar-refractivity contribution in [1.29, 1.82) is 5.26 Å². The maximum atomic E-state index is 11.8. The average Bonchev–Trinajstić information content (AvgIpc) is 2.46. The van der Waals surface area contributed by atoms with Crippen LogP contribution in [0.1, 0.15) is 12.5 Å². The number of hydrogen-bond acceptors (Lipinski definition) is 5. The van der Waals surface area contributed by atoms with E-state index in [9.17, 15) is 4.79 Å². The van der Waals surface area contributed by atoms with Crippen molar-refractivity contribution < 1.29 is 14.6 Å². The van der Waals surface area contributed by atoms with Gasteiger partial charge in [-0.25, -0.2) is 0 Å². The molecule has 2 unspecified atom stereocenters. The first kappa shape index (κ1) is 16.3. The molecule has 1 aromatic rings. The first-order valence-electron chi connectivity index (χ1n) is 6.17. The summed E-state index contributed by atoms with van der Waals surface area (Å²) in [4.78, 5) is 11.8. The van der Waals surface area contributed by atoms with Gasteiger partial charge >= 0.3 is 0 Å². The molecule has 0 aliphatic carbocycles. The van der Waals surface area contributed by atoms with Crippen molar-refractivity contribution in [2.45, 2.75) is 18.2 Å². The molecule has 1 aromatic carbocycles. The van der Waals surface area contributed by atoms with Crippen LogP contribution in [0.4, 0.5) is 0 Å². The SMILES string of the molecule is CSC(CO)C(C)NC(=O)COc1ccccc1C#N. The molecule has 5 nitrogen and oxygen atoms in total. The molecule has 0 aliphatic heterocycles. The number of amides is 1. The van der Waals surface area contributed by atoms with Gasteiger partial charge in [0.25, 0.3) is 5.91 Å². The second kappa shape index (κ2) is 8.46. The van der Waals surface area contributed by atoms with Crippen LogP contribution in [-0.2, 0) is 4.79 Å². The molecule has 0 aliphatic rings. The fourth-order valence-electron chi connectivity index (χ4n) is 1.65. The second-order valence-corrected chi connectivity index (χ2v) is 5.29. The van der Waals surface area contributed by atoms with E-state index in [1.54, 1.807) is 24.3 Å². The van der Waals surface area contributed by atoms with E-state index < -0.39 is 0 Å². The molecule has 108 valence electrons. The number of carbonyl (C=O) groups is 1. The average molecular weight is 294 g/mol. The first-order valence-corrected chi connectivity index (χ1v) is 7.46. The van der Waals surface area contributed by atoms with Gasteiger partial charge in [-0.2, -0.15) is 17.0 Å². The van der Waals surface area contributed by atoms with E-state index in [0.29, 0.717) is 11.3 Å². The highest BCUT2D eigenvalue weighted by Crippen LogP contribution is 2.16. The van der Waals surface area contributed by atoms with Crippen LogP contribution in [0.3, 0.4) is 0 Å². The number of nitrogens with zero attached hydrogens (tertiary/aromatic N) is 1. The van der Waals surface area contributed by atoms with Crippen LogP contribution < -0.4 is 10.1 Å². The number of rotatable bonds is 7. The predicted octanol–water partition coefficient (Wildman–Crippen LogP) is 1.17. The Morgan fingerprint density at radius 3 is 2.85 bits per heavy atom. The third-order valence-electron chi connectivity index (χ3n) is 2.80. The minimum atomic E-state index is -0.280. The summed E-state index contributed by atoms with van der Waals surface area (Å²) in [7, 11) is 0. The summed E-state index contributed by atoms with van der Waals surface area (Å²) in [6.45, 7) is 1.68. The molecule has 2 atom stereocenters. The van der Waals surface area contributed by atoms with Gasteiger partial charge in [-0.1, -0.05) is 12.1 Å². The Morgan fingerprint density at radius 2 is 2.25 bits per heavy atom. The van der Waals surface area contributed by atoms with Crippen LogP contribution in [0.2, 0.25) is 0 Å². The number of benzene rings is 1. The maximum Gasteiger partial charge on any atom is 0.258 e. The minimum Gasteiger partial charge on any atom is -0.482 e. The van der Waals surface area contributed by atoms with Gasteiger partial charge in [0, 0.05) is 11.3 Å². The van der Waals surface area contributed by atoms with E-state index >= 15 is 0 Å². The number of ether oxygens (including phenoxy) is 1. The number of aliphatic hydroxyl groups is 1. The van der Waals surface area contributed by atoms with Gasteiger partial charge in [0.1, 0.15) is 11.8 Å². The van der Waals surface area contributed by atoms with Crippen LogP contribution in [0.25, 0.3) is 0 Å². The summed E-state index contributed by atoms with van der Waals surface area (Å²) in [5.74, 6) is 0.110. The molecular weight excluding hydrogens is 276 g/mol. The van der Waals surface area contributed by atoms with E-state index in [0.717, 1.165) is 0 Å². The van der Waals surface area contributed by atoms with E-state index in [1.165, 1.54) is 11.8 Å². The summed E-state index contributed by atoms with van der Waals surface area (Å²) in [5, 5.41) is 20.8. The van der Waals surface area contributed by atoms with Crippen molar-refractivity contribution in [2.75, 3.05) is 19.5 Å². The largest absolute Gasteiger partial charge is 0.482 e. The Kier molecular flexibility index (Phi) is 6.91. The van der Waals surface area contributed by atoms with Crippen LogP contribution in [-0.4, -0.2) is 41.8 Å². The molecule has 1 rings (SSSR count). The van der Waals surface area contributed by atoms with Gasteiger partial charge < -0.3 is 15.2 Å². The lowest BCUT2D eigenvalue weighted by Gasteiger charge is -2.21. The lowest BCUT2D eigenvalue weighted by atomic mass is 10.2. The van der Waals surface area contributed by atoms with Crippen molar-refractivity contribution in [3.63, 3.8) is 0 Å². The van der Waals surface area contributed by atoms with Crippen LogP contribution in [0.5, 0.6) is 5.75 Å². The molecule has 20 heavy (non-hydrogen) atoms. The molecule has 0 spiro atoms. The Bertz CT molecular complexity index is 484. The van der Waals surface area contributed by atoms with Crippen molar-refractivity contribution >= 4 is 17.7 Å². The topological polar surface area (TPSA) is 82.3 Å². The summed E-state index contributed by atoms with van der Waals surface area (Å²) < 4.78 is 5.33. The summed E-state index contributed by atoms with van der Waals surface area (Å²) in [6.07, 6.45) is 1.88. The van der Waals surface area contributed by atoms with Crippen LogP contribution in [0, 0.1) is 11.3 Å². The molecule has 0 heterocycles. The van der Waals surface area contributed by atoms with Gasteiger partial charge in [-0.05, 0) is 25.3 Å². The number of carbonyl (C=O) groups excluding carboxylic acids is 1. The van der Waals surface area contributed by atoms with Crippen molar-refractivity contribution in [3.8, 4) is 11.8 Å². The Labute approximate surface area is 122 Å². The monoisotopic (exact) mass is 294 g/mol. The quantitative estimate of drug-likeness (QED) is 0.788. The van der Waals surface area contributed by atoms with E-state index in [-0.39, 0.29) is 30.4 Å². The molecule has 0 saturated heterocycles. The van der Waals surface area contributed by atoms with Gasteiger partial charge in [-0.3, -0.25) is 4.79 Å². The zero-order chi connectivity index (χ0) is 15.0. The normalized spacial score (nSPS) is 13.1. The number of para-hydroxylation sites is 1. The summed E-state index contributed by atoms with van der Waals surface area (Å²) in [6, 6.07) is 8.60. The third-order valence-corrected chi connectivity index (χ3v) is 3.96. The first-order chi connectivity index (χ1) is 9.62. The molecule has 6 heteroatoms. The van der Waals surface area contributed by atoms with Gasteiger partial charge in [0.15, 0.2) is 6.61 Å². The Hall–Kier alpha value is -1.71. The number of nitrogens with one attached hydrogen (secondary N) is 1. The van der Waals surface area contributed by atoms with Gasteiger partial charge in [0.2, 0.25) is 0 Å². The molecule has 1 amide bonds. The maximum absolute atomic E-state index is 11.8. The fourth-order valence-corrected chi connectivity index (χ4v) is 2.28. The molecule has 0 bridgehead atoms. The fraction of sp³-hybridized carbons (Fsp3) is 0.429. The smallest absolute Gasteiger partial charge is 0.258 e. The van der Waals surface area contributed by atoms with Crippen LogP contribution >= 0.6 is 11.8 Å². The van der Waals surface area contributed by atoms with Gasteiger partial charge in [-0.15, -0.1) is 0 Å². The summed E-state index contributed by atoms with van der Waals surface area (Å²) >= 11 is 1.49. The zero-order valence-corrected chi connectivity index (χ0v) is 12.3.